The molecule has 138 valence electrons. The molecule has 1 saturated carbocycles. The Bertz CT molecular complexity index is 891. The summed E-state index contributed by atoms with van der Waals surface area (Å²) >= 11 is 0. The van der Waals surface area contributed by atoms with Crippen LogP contribution >= 0.6 is 0 Å². The number of aromatic nitrogens is 5. The van der Waals surface area contributed by atoms with Gasteiger partial charge in [0.25, 0.3) is 5.89 Å². The number of pyridine rings is 1. The SMILES string of the molecule is CCc1nc2[nH]ncc2c(NC2CCCCC2)c1-c1nnc(C(C)C)o1. The predicted molar refractivity (Wildman–Crippen MR) is 101 cm³/mol. The van der Waals surface area contributed by atoms with Crippen LogP contribution in [-0.2, 0) is 6.42 Å². The quantitative estimate of drug-likeness (QED) is 0.704. The van der Waals surface area contributed by atoms with Crippen LogP contribution in [0.3, 0.4) is 0 Å². The maximum absolute atomic E-state index is 6.00. The number of hydrogen-bond acceptors (Lipinski definition) is 6. The molecule has 0 atom stereocenters. The van der Waals surface area contributed by atoms with Crippen LogP contribution in [0.2, 0.25) is 0 Å². The van der Waals surface area contributed by atoms with Crippen LogP contribution in [0.25, 0.3) is 22.5 Å². The first-order valence-corrected chi connectivity index (χ1v) is 9.63. The van der Waals surface area contributed by atoms with Crippen LogP contribution in [0.5, 0.6) is 0 Å². The summed E-state index contributed by atoms with van der Waals surface area (Å²) in [5, 5.41) is 20.5. The highest BCUT2D eigenvalue weighted by molar-refractivity contribution is 5.97. The second-order valence-electron chi connectivity index (χ2n) is 7.37. The van der Waals surface area contributed by atoms with Crippen LogP contribution in [-0.4, -0.2) is 31.4 Å². The molecule has 7 heteroatoms. The number of rotatable bonds is 5. The monoisotopic (exact) mass is 354 g/mol. The number of nitrogens with zero attached hydrogens (tertiary/aromatic N) is 4. The first-order valence-electron chi connectivity index (χ1n) is 9.63. The molecule has 1 aliphatic rings. The van der Waals surface area contributed by atoms with Crippen LogP contribution in [0.1, 0.15) is 70.4 Å². The van der Waals surface area contributed by atoms with Crippen LogP contribution < -0.4 is 5.32 Å². The van der Waals surface area contributed by atoms with Gasteiger partial charge in [0, 0.05) is 12.0 Å². The highest BCUT2D eigenvalue weighted by atomic mass is 16.4. The molecule has 0 bridgehead atoms. The molecule has 0 aromatic carbocycles. The molecule has 3 aromatic rings. The fourth-order valence-electron chi connectivity index (χ4n) is 3.67. The number of hydrogen-bond donors (Lipinski definition) is 2. The lowest BCUT2D eigenvalue weighted by atomic mass is 9.94. The zero-order valence-corrected chi connectivity index (χ0v) is 15.7. The van der Waals surface area contributed by atoms with E-state index >= 15 is 0 Å². The van der Waals surface area contributed by atoms with Gasteiger partial charge in [0.15, 0.2) is 5.65 Å². The second-order valence-corrected chi connectivity index (χ2v) is 7.37. The summed E-state index contributed by atoms with van der Waals surface area (Å²) in [6.45, 7) is 6.20. The molecule has 2 N–H and O–H groups in total. The number of nitrogens with one attached hydrogen (secondary N) is 2. The molecule has 1 fully saturated rings. The molecule has 26 heavy (non-hydrogen) atoms. The summed E-state index contributed by atoms with van der Waals surface area (Å²) in [7, 11) is 0. The standard InChI is InChI=1S/C19H26N6O/c1-4-14-15(19-25-24-18(26-19)11(2)3)16(13-10-20-23-17(13)22-14)21-12-8-6-5-7-9-12/h10-12H,4-9H2,1-3H3,(H2,20,21,22,23). The first-order chi connectivity index (χ1) is 12.7. The Morgan fingerprint density at radius 2 is 2.04 bits per heavy atom. The Morgan fingerprint density at radius 3 is 2.73 bits per heavy atom. The molecule has 3 aromatic heterocycles. The topological polar surface area (TPSA) is 92.5 Å². The van der Waals surface area contributed by atoms with Crippen molar-refractivity contribution in [2.24, 2.45) is 0 Å². The molecule has 0 unspecified atom stereocenters. The third kappa shape index (κ3) is 3.06. The molecule has 7 nitrogen and oxygen atoms in total. The van der Waals surface area contributed by atoms with Gasteiger partial charge in [-0.2, -0.15) is 5.10 Å². The Hall–Kier alpha value is -2.44. The minimum atomic E-state index is 0.196. The zero-order chi connectivity index (χ0) is 18.1. The molecule has 0 saturated heterocycles. The van der Waals surface area contributed by atoms with E-state index in [0.717, 1.165) is 34.4 Å². The lowest BCUT2D eigenvalue weighted by Crippen LogP contribution is -2.23. The van der Waals surface area contributed by atoms with Crippen molar-refractivity contribution in [2.45, 2.75) is 71.3 Å². The first kappa shape index (κ1) is 17.0. The maximum Gasteiger partial charge on any atom is 0.251 e. The van der Waals surface area contributed by atoms with E-state index in [1.54, 1.807) is 0 Å². The Balaban J connectivity index is 1.86. The number of aryl methyl sites for hydroxylation is 1. The van der Waals surface area contributed by atoms with Crippen molar-refractivity contribution in [2.75, 3.05) is 5.32 Å². The second kappa shape index (κ2) is 7.05. The summed E-state index contributed by atoms with van der Waals surface area (Å²) in [6, 6.07) is 0.459. The van der Waals surface area contributed by atoms with Gasteiger partial charge >= 0.3 is 0 Å². The van der Waals surface area contributed by atoms with E-state index in [1.807, 2.05) is 6.20 Å². The van der Waals surface area contributed by atoms with E-state index in [1.165, 1.54) is 32.1 Å². The summed E-state index contributed by atoms with van der Waals surface area (Å²) in [4.78, 5) is 4.75. The molecular formula is C19H26N6O. The molecule has 4 rings (SSSR count). The Kier molecular flexibility index (Phi) is 4.61. The average Bonchev–Trinajstić information content (AvgIpc) is 3.31. The van der Waals surface area contributed by atoms with E-state index in [2.05, 4.69) is 46.5 Å². The van der Waals surface area contributed by atoms with Gasteiger partial charge in [-0.05, 0) is 19.3 Å². The highest BCUT2D eigenvalue weighted by Crippen LogP contribution is 2.37. The van der Waals surface area contributed by atoms with Crippen molar-refractivity contribution in [3.8, 4) is 11.5 Å². The maximum atomic E-state index is 6.00. The minimum Gasteiger partial charge on any atom is -0.420 e. The molecular weight excluding hydrogens is 328 g/mol. The smallest absolute Gasteiger partial charge is 0.251 e. The molecule has 0 amide bonds. The largest absolute Gasteiger partial charge is 0.420 e. The van der Waals surface area contributed by atoms with Gasteiger partial charge in [-0.25, -0.2) is 4.98 Å². The van der Waals surface area contributed by atoms with Gasteiger partial charge in [-0.15, -0.1) is 10.2 Å². The molecule has 1 aliphatic carbocycles. The van der Waals surface area contributed by atoms with E-state index < -0.39 is 0 Å². The van der Waals surface area contributed by atoms with Crippen molar-refractivity contribution in [3.05, 3.63) is 17.8 Å². The number of fused-ring (bicyclic) bond motifs is 1. The summed E-state index contributed by atoms with van der Waals surface area (Å²) in [5.74, 6) is 1.39. The van der Waals surface area contributed by atoms with Gasteiger partial charge in [0.2, 0.25) is 5.89 Å². The lowest BCUT2D eigenvalue weighted by Gasteiger charge is -2.25. The number of H-pyrrole nitrogens is 1. The summed E-state index contributed by atoms with van der Waals surface area (Å²) in [6.07, 6.45) is 8.84. The highest BCUT2D eigenvalue weighted by Gasteiger charge is 2.24. The third-order valence-electron chi connectivity index (χ3n) is 5.11. The normalized spacial score (nSPS) is 15.8. The van der Waals surface area contributed by atoms with Gasteiger partial charge in [-0.3, -0.25) is 5.10 Å². The zero-order valence-electron chi connectivity index (χ0n) is 15.7. The predicted octanol–water partition coefficient (Wildman–Crippen LogP) is 4.44. The van der Waals surface area contributed by atoms with E-state index in [9.17, 15) is 0 Å². The van der Waals surface area contributed by atoms with Crippen molar-refractivity contribution < 1.29 is 4.42 Å². The molecule has 0 aliphatic heterocycles. The summed E-state index contributed by atoms with van der Waals surface area (Å²) < 4.78 is 6.00. The van der Waals surface area contributed by atoms with Gasteiger partial charge in [0.1, 0.15) is 0 Å². The Morgan fingerprint density at radius 1 is 1.23 bits per heavy atom. The van der Waals surface area contributed by atoms with Crippen LogP contribution in [0, 0.1) is 0 Å². The Labute approximate surface area is 153 Å². The van der Waals surface area contributed by atoms with Crippen molar-refractivity contribution >= 4 is 16.7 Å². The molecule has 3 heterocycles. The molecule has 0 radical (unpaired) electrons. The van der Waals surface area contributed by atoms with Gasteiger partial charge < -0.3 is 9.73 Å². The lowest BCUT2D eigenvalue weighted by molar-refractivity contribution is 0.462. The van der Waals surface area contributed by atoms with Crippen molar-refractivity contribution in [3.63, 3.8) is 0 Å². The van der Waals surface area contributed by atoms with Crippen molar-refractivity contribution in [1.29, 1.82) is 0 Å². The fraction of sp³-hybridized carbons (Fsp3) is 0.579. The third-order valence-corrected chi connectivity index (χ3v) is 5.11. The summed E-state index contributed by atoms with van der Waals surface area (Å²) in [5.41, 5.74) is 3.68. The van der Waals surface area contributed by atoms with Gasteiger partial charge in [-0.1, -0.05) is 40.0 Å². The van der Waals surface area contributed by atoms with Gasteiger partial charge in [0.05, 0.1) is 28.5 Å². The number of anilines is 1. The average molecular weight is 354 g/mol. The van der Waals surface area contributed by atoms with E-state index in [0.29, 0.717) is 17.8 Å². The number of aromatic amines is 1. The van der Waals surface area contributed by atoms with E-state index in [-0.39, 0.29) is 5.92 Å². The fourth-order valence-corrected chi connectivity index (χ4v) is 3.67. The van der Waals surface area contributed by atoms with Crippen LogP contribution in [0.15, 0.2) is 10.6 Å². The molecule has 0 spiro atoms. The van der Waals surface area contributed by atoms with Crippen LogP contribution in [0.4, 0.5) is 5.69 Å². The minimum absolute atomic E-state index is 0.196. The van der Waals surface area contributed by atoms with E-state index in [4.69, 9.17) is 9.40 Å². The van der Waals surface area contributed by atoms with Crippen molar-refractivity contribution in [1.82, 2.24) is 25.4 Å².